The van der Waals surface area contributed by atoms with E-state index >= 15 is 0 Å². The Bertz CT molecular complexity index is 777. The van der Waals surface area contributed by atoms with Crippen molar-refractivity contribution >= 4 is 34.8 Å². The quantitative estimate of drug-likeness (QED) is 0.800. The lowest BCUT2D eigenvalue weighted by Crippen LogP contribution is -2.05. The van der Waals surface area contributed by atoms with Crippen molar-refractivity contribution < 1.29 is 4.39 Å². The van der Waals surface area contributed by atoms with Crippen LogP contribution in [-0.2, 0) is 0 Å². The Morgan fingerprint density at radius 2 is 2.00 bits per heavy atom. The summed E-state index contributed by atoms with van der Waals surface area (Å²) < 4.78 is 14.8. The number of imidazole rings is 1. The van der Waals surface area contributed by atoms with Gasteiger partial charge in [0.15, 0.2) is 0 Å². The van der Waals surface area contributed by atoms with Gasteiger partial charge in [-0.15, -0.1) is 0 Å². The normalized spacial score (nSPS) is 10.6. The van der Waals surface area contributed by atoms with Crippen LogP contribution < -0.4 is 5.32 Å². The van der Waals surface area contributed by atoms with E-state index in [2.05, 4.69) is 25.3 Å². The number of anilines is 2. The van der Waals surface area contributed by atoms with Gasteiger partial charge in [-0.3, -0.25) is 4.57 Å². The van der Waals surface area contributed by atoms with Gasteiger partial charge in [-0.2, -0.15) is 15.0 Å². The Kier molecular flexibility index (Phi) is 3.68. The molecule has 6 nitrogen and oxygen atoms in total. The lowest BCUT2D eigenvalue weighted by atomic mass is 10.3. The molecule has 2 heterocycles. The number of hydrogen-bond donors (Lipinski definition) is 1. The van der Waals surface area contributed by atoms with Crippen LogP contribution in [0.2, 0.25) is 10.3 Å². The van der Waals surface area contributed by atoms with Gasteiger partial charge < -0.3 is 5.32 Å². The number of benzene rings is 1. The molecule has 0 saturated carbocycles. The zero-order valence-corrected chi connectivity index (χ0v) is 11.8. The van der Waals surface area contributed by atoms with Crippen LogP contribution >= 0.6 is 23.2 Å². The minimum absolute atomic E-state index is 0.0104. The lowest BCUT2D eigenvalue weighted by molar-refractivity contribution is 0.628. The standard InChI is InChI=1S/C12H7Cl2FN6/c13-8-2-1-7(15)5-9(8)17-11-18-10(14)19-12(20-11)21-4-3-16-6-21/h1-6H,(H,17,18,19,20). The maximum atomic E-state index is 13.2. The Morgan fingerprint density at radius 1 is 1.14 bits per heavy atom. The van der Waals surface area contributed by atoms with Crippen molar-refractivity contribution in [1.82, 2.24) is 24.5 Å². The second-order valence-corrected chi connectivity index (χ2v) is 4.69. The molecule has 21 heavy (non-hydrogen) atoms. The highest BCUT2D eigenvalue weighted by atomic mass is 35.5. The van der Waals surface area contributed by atoms with E-state index in [1.54, 1.807) is 17.0 Å². The summed E-state index contributed by atoms with van der Waals surface area (Å²) in [5.41, 5.74) is 0.329. The Hall–Kier alpha value is -2.25. The largest absolute Gasteiger partial charge is 0.323 e. The summed E-state index contributed by atoms with van der Waals surface area (Å²) in [4.78, 5) is 16.0. The van der Waals surface area contributed by atoms with Gasteiger partial charge in [-0.25, -0.2) is 9.37 Å². The Morgan fingerprint density at radius 3 is 2.76 bits per heavy atom. The topological polar surface area (TPSA) is 68.5 Å². The molecule has 0 aliphatic heterocycles. The average molecular weight is 325 g/mol. The number of halogens is 3. The second-order valence-electron chi connectivity index (χ2n) is 3.95. The maximum Gasteiger partial charge on any atom is 0.241 e. The molecule has 3 aromatic rings. The highest BCUT2D eigenvalue weighted by Gasteiger charge is 2.09. The highest BCUT2D eigenvalue weighted by molar-refractivity contribution is 6.33. The van der Waals surface area contributed by atoms with Gasteiger partial charge in [0.2, 0.25) is 17.2 Å². The van der Waals surface area contributed by atoms with Crippen molar-refractivity contribution in [2.75, 3.05) is 5.32 Å². The number of rotatable bonds is 3. The molecule has 0 atom stereocenters. The Labute approximate surface area is 128 Å². The molecule has 0 unspecified atom stereocenters. The molecular weight excluding hydrogens is 318 g/mol. The fraction of sp³-hybridized carbons (Fsp3) is 0. The highest BCUT2D eigenvalue weighted by Crippen LogP contribution is 2.25. The van der Waals surface area contributed by atoms with E-state index in [0.717, 1.165) is 0 Å². The predicted octanol–water partition coefficient (Wildman–Crippen LogP) is 3.25. The summed E-state index contributed by atoms with van der Waals surface area (Å²) in [6.07, 6.45) is 4.75. The van der Waals surface area contributed by atoms with Gasteiger partial charge in [-0.1, -0.05) is 11.6 Å². The van der Waals surface area contributed by atoms with Crippen molar-refractivity contribution in [3.8, 4) is 5.95 Å². The summed E-state index contributed by atoms with van der Waals surface area (Å²) in [5.74, 6) is -0.00869. The van der Waals surface area contributed by atoms with E-state index in [0.29, 0.717) is 10.7 Å². The molecule has 0 bridgehead atoms. The Balaban J connectivity index is 1.97. The summed E-state index contributed by atoms with van der Waals surface area (Å²) in [6, 6.07) is 3.92. The summed E-state index contributed by atoms with van der Waals surface area (Å²) in [6.45, 7) is 0. The maximum absolute atomic E-state index is 13.2. The monoisotopic (exact) mass is 324 g/mol. The predicted molar refractivity (Wildman–Crippen MR) is 76.7 cm³/mol. The number of nitrogens with zero attached hydrogens (tertiary/aromatic N) is 5. The molecule has 0 aliphatic rings. The second kappa shape index (κ2) is 5.63. The third-order valence-electron chi connectivity index (χ3n) is 2.51. The smallest absolute Gasteiger partial charge is 0.241 e. The van der Waals surface area contributed by atoms with Crippen LogP contribution in [-0.4, -0.2) is 24.5 Å². The van der Waals surface area contributed by atoms with Gasteiger partial charge >= 0.3 is 0 Å². The molecule has 0 fully saturated rings. The van der Waals surface area contributed by atoms with Crippen molar-refractivity contribution in [1.29, 1.82) is 0 Å². The van der Waals surface area contributed by atoms with Crippen LogP contribution in [0.25, 0.3) is 5.95 Å². The van der Waals surface area contributed by atoms with Crippen molar-refractivity contribution in [3.05, 3.63) is 53.0 Å². The fourth-order valence-electron chi connectivity index (χ4n) is 1.60. The van der Waals surface area contributed by atoms with Crippen LogP contribution in [0.3, 0.4) is 0 Å². The van der Waals surface area contributed by atoms with E-state index in [1.165, 1.54) is 24.5 Å². The molecule has 0 radical (unpaired) electrons. The zero-order valence-electron chi connectivity index (χ0n) is 10.3. The first-order chi connectivity index (χ1) is 10.1. The first kappa shape index (κ1) is 13.7. The minimum atomic E-state index is -0.433. The summed E-state index contributed by atoms with van der Waals surface area (Å²) in [5, 5.41) is 3.12. The summed E-state index contributed by atoms with van der Waals surface area (Å²) in [7, 11) is 0. The molecule has 0 spiro atoms. The van der Waals surface area contributed by atoms with Crippen LogP contribution in [0.15, 0.2) is 36.9 Å². The van der Waals surface area contributed by atoms with E-state index in [-0.39, 0.29) is 17.2 Å². The van der Waals surface area contributed by atoms with Crippen molar-refractivity contribution in [2.45, 2.75) is 0 Å². The van der Waals surface area contributed by atoms with E-state index in [4.69, 9.17) is 23.2 Å². The van der Waals surface area contributed by atoms with Gasteiger partial charge in [0.05, 0.1) is 10.7 Å². The van der Waals surface area contributed by atoms with E-state index in [9.17, 15) is 4.39 Å². The van der Waals surface area contributed by atoms with E-state index < -0.39 is 5.82 Å². The molecule has 9 heteroatoms. The van der Waals surface area contributed by atoms with Crippen LogP contribution in [0.4, 0.5) is 16.0 Å². The fourth-order valence-corrected chi connectivity index (χ4v) is 1.92. The molecular formula is C12H7Cl2FN6. The molecule has 0 aliphatic carbocycles. The molecule has 0 amide bonds. The zero-order chi connectivity index (χ0) is 14.8. The minimum Gasteiger partial charge on any atom is -0.323 e. The lowest BCUT2D eigenvalue weighted by Gasteiger charge is -2.08. The van der Waals surface area contributed by atoms with E-state index in [1.807, 2.05) is 0 Å². The first-order valence-corrected chi connectivity index (χ1v) is 6.49. The molecule has 2 aromatic heterocycles. The van der Waals surface area contributed by atoms with Gasteiger partial charge in [0.25, 0.3) is 0 Å². The third kappa shape index (κ3) is 3.09. The molecule has 1 aromatic carbocycles. The molecule has 1 N–H and O–H groups in total. The van der Waals surface area contributed by atoms with Crippen LogP contribution in [0, 0.1) is 5.82 Å². The first-order valence-electron chi connectivity index (χ1n) is 5.74. The van der Waals surface area contributed by atoms with Crippen LogP contribution in [0.5, 0.6) is 0 Å². The number of aromatic nitrogens is 5. The number of nitrogens with one attached hydrogen (secondary N) is 1. The van der Waals surface area contributed by atoms with Crippen LogP contribution in [0.1, 0.15) is 0 Å². The van der Waals surface area contributed by atoms with Gasteiger partial charge in [0, 0.05) is 12.4 Å². The molecule has 0 saturated heterocycles. The van der Waals surface area contributed by atoms with Gasteiger partial charge in [-0.05, 0) is 29.8 Å². The average Bonchev–Trinajstić information content (AvgIpc) is 2.96. The van der Waals surface area contributed by atoms with Crippen molar-refractivity contribution in [3.63, 3.8) is 0 Å². The molecule has 106 valence electrons. The SMILES string of the molecule is Fc1ccc(Cl)c(Nc2nc(Cl)nc(-n3ccnc3)n2)c1. The third-order valence-corrected chi connectivity index (χ3v) is 3.01. The van der Waals surface area contributed by atoms with Crippen molar-refractivity contribution in [2.24, 2.45) is 0 Å². The van der Waals surface area contributed by atoms with Gasteiger partial charge in [0.1, 0.15) is 12.1 Å². The molecule has 3 rings (SSSR count). The summed E-state index contributed by atoms with van der Waals surface area (Å²) >= 11 is 11.8. The number of hydrogen-bond acceptors (Lipinski definition) is 5.